The van der Waals surface area contributed by atoms with Gasteiger partial charge in [-0.15, -0.1) is 0 Å². The van der Waals surface area contributed by atoms with E-state index in [0.29, 0.717) is 0 Å². The molecule has 0 spiro atoms. The van der Waals surface area contributed by atoms with Crippen LogP contribution in [0.5, 0.6) is 0 Å². The summed E-state index contributed by atoms with van der Waals surface area (Å²) in [5.74, 6) is 0.964. The van der Waals surface area contributed by atoms with Gasteiger partial charge in [-0.1, -0.05) is 0 Å². The van der Waals surface area contributed by atoms with Gasteiger partial charge in [0, 0.05) is 49.9 Å². The van der Waals surface area contributed by atoms with Gasteiger partial charge < -0.3 is 9.73 Å². The van der Waals surface area contributed by atoms with E-state index in [0.717, 1.165) is 35.7 Å². The van der Waals surface area contributed by atoms with Gasteiger partial charge >= 0.3 is 0 Å². The first-order chi connectivity index (χ1) is 11.6. The monoisotopic (exact) mass is 325 g/mol. The minimum atomic E-state index is 0.193. The van der Waals surface area contributed by atoms with Crippen LogP contribution in [0.25, 0.3) is 11.3 Å². The Bertz CT molecular complexity index is 749. The number of aromatic nitrogens is 3. The number of furan rings is 1. The molecule has 0 aliphatic heterocycles. The maximum Gasteiger partial charge on any atom is 0.122 e. The topological polar surface area (TPSA) is 59.1 Å². The maximum absolute atomic E-state index is 5.55. The zero-order valence-corrected chi connectivity index (χ0v) is 14.3. The molecule has 24 heavy (non-hydrogen) atoms. The molecule has 1 unspecified atom stereocenters. The average molecular weight is 325 g/mol. The van der Waals surface area contributed by atoms with E-state index in [2.05, 4.69) is 34.4 Å². The van der Waals surface area contributed by atoms with Crippen molar-refractivity contribution in [2.45, 2.75) is 12.6 Å². The fourth-order valence-corrected chi connectivity index (χ4v) is 2.77. The normalized spacial score (nSPS) is 12.7. The molecule has 126 valence electrons. The third-order valence-corrected chi connectivity index (χ3v) is 3.99. The Kier molecular flexibility index (Phi) is 5.08. The Morgan fingerprint density at radius 1 is 1.29 bits per heavy atom. The SMILES string of the molecule is CN(C)C(CNCc1cn(C)nc1-c1cccnc1)c1ccco1. The lowest BCUT2D eigenvalue weighted by Gasteiger charge is -2.22. The van der Waals surface area contributed by atoms with Crippen molar-refractivity contribution in [1.29, 1.82) is 0 Å². The molecule has 0 fully saturated rings. The highest BCUT2D eigenvalue weighted by Gasteiger charge is 2.17. The summed E-state index contributed by atoms with van der Waals surface area (Å²) >= 11 is 0. The van der Waals surface area contributed by atoms with Crippen molar-refractivity contribution in [2.75, 3.05) is 20.6 Å². The quantitative estimate of drug-likeness (QED) is 0.723. The van der Waals surface area contributed by atoms with E-state index in [4.69, 9.17) is 4.42 Å². The first-order valence-electron chi connectivity index (χ1n) is 7.98. The van der Waals surface area contributed by atoms with Crippen LogP contribution in [-0.4, -0.2) is 40.3 Å². The van der Waals surface area contributed by atoms with Gasteiger partial charge in [0.2, 0.25) is 0 Å². The zero-order chi connectivity index (χ0) is 16.9. The second kappa shape index (κ2) is 7.42. The highest BCUT2D eigenvalue weighted by Crippen LogP contribution is 2.21. The molecule has 3 aromatic heterocycles. The molecule has 3 aromatic rings. The summed E-state index contributed by atoms with van der Waals surface area (Å²) in [6, 6.07) is 8.09. The molecule has 0 saturated carbocycles. The first-order valence-corrected chi connectivity index (χ1v) is 7.98. The van der Waals surface area contributed by atoms with E-state index in [1.54, 1.807) is 12.5 Å². The van der Waals surface area contributed by atoms with Gasteiger partial charge in [-0.2, -0.15) is 5.10 Å². The van der Waals surface area contributed by atoms with Crippen LogP contribution in [-0.2, 0) is 13.6 Å². The summed E-state index contributed by atoms with van der Waals surface area (Å²) in [4.78, 5) is 6.34. The summed E-state index contributed by atoms with van der Waals surface area (Å²) in [5, 5.41) is 8.09. The smallest absolute Gasteiger partial charge is 0.122 e. The number of aryl methyl sites for hydroxylation is 1. The molecule has 1 N–H and O–H groups in total. The van der Waals surface area contributed by atoms with E-state index >= 15 is 0 Å². The second-order valence-electron chi connectivity index (χ2n) is 6.04. The highest BCUT2D eigenvalue weighted by atomic mass is 16.3. The van der Waals surface area contributed by atoms with E-state index in [9.17, 15) is 0 Å². The summed E-state index contributed by atoms with van der Waals surface area (Å²) < 4.78 is 7.39. The van der Waals surface area contributed by atoms with Crippen molar-refractivity contribution in [3.63, 3.8) is 0 Å². The molecule has 0 saturated heterocycles. The van der Waals surface area contributed by atoms with E-state index in [1.807, 2.05) is 48.4 Å². The van der Waals surface area contributed by atoms with Crippen molar-refractivity contribution < 1.29 is 4.42 Å². The van der Waals surface area contributed by atoms with Gasteiger partial charge in [0.15, 0.2) is 0 Å². The van der Waals surface area contributed by atoms with E-state index in [1.165, 1.54) is 0 Å². The molecule has 6 heteroatoms. The largest absolute Gasteiger partial charge is 0.468 e. The summed E-state index contributed by atoms with van der Waals surface area (Å²) in [6.45, 7) is 1.53. The number of hydrogen-bond donors (Lipinski definition) is 1. The van der Waals surface area contributed by atoms with Crippen LogP contribution in [0.2, 0.25) is 0 Å². The minimum Gasteiger partial charge on any atom is -0.468 e. The van der Waals surface area contributed by atoms with Crippen molar-refractivity contribution in [3.8, 4) is 11.3 Å². The number of rotatable bonds is 7. The Morgan fingerprint density at radius 2 is 2.17 bits per heavy atom. The van der Waals surface area contributed by atoms with E-state index < -0.39 is 0 Å². The Labute approximate surface area is 142 Å². The molecule has 3 heterocycles. The van der Waals surface area contributed by atoms with Gasteiger partial charge in [0.1, 0.15) is 5.76 Å². The number of nitrogens with zero attached hydrogens (tertiary/aromatic N) is 4. The minimum absolute atomic E-state index is 0.193. The third-order valence-electron chi connectivity index (χ3n) is 3.99. The lowest BCUT2D eigenvalue weighted by Crippen LogP contribution is -2.30. The molecule has 0 amide bonds. The number of pyridine rings is 1. The third kappa shape index (κ3) is 3.72. The molecule has 0 radical (unpaired) electrons. The predicted molar refractivity (Wildman–Crippen MR) is 93.3 cm³/mol. The molecule has 6 nitrogen and oxygen atoms in total. The fourth-order valence-electron chi connectivity index (χ4n) is 2.77. The second-order valence-corrected chi connectivity index (χ2v) is 6.04. The predicted octanol–water partition coefficient (Wildman–Crippen LogP) is 2.47. The number of likely N-dealkylation sites (N-methyl/N-ethyl adjacent to an activating group) is 1. The molecular weight excluding hydrogens is 302 g/mol. The van der Waals surface area contributed by atoms with Gasteiger partial charge in [-0.3, -0.25) is 14.6 Å². The lowest BCUT2D eigenvalue weighted by atomic mass is 10.1. The van der Waals surface area contributed by atoms with Crippen molar-refractivity contribution in [2.24, 2.45) is 7.05 Å². The molecule has 0 aliphatic carbocycles. The van der Waals surface area contributed by atoms with Crippen LogP contribution in [0, 0.1) is 0 Å². The summed E-state index contributed by atoms with van der Waals surface area (Å²) in [5.41, 5.74) is 3.16. The molecule has 3 rings (SSSR count). The summed E-state index contributed by atoms with van der Waals surface area (Å²) in [6.07, 6.45) is 7.38. The van der Waals surface area contributed by atoms with Crippen LogP contribution < -0.4 is 5.32 Å². The Morgan fingerprint density at radius 3 is 2.83 bits per heavy atom. The van der Waals surface area contributed by atoms with Crippen LogP contribution >= 0.6 is 0 Å². The average Bonchev–Trinajstić information content (AvgIpc) is 3.22. The molecule has 0 aromatic carbocycles. The van der Waals surface area contributed by atoms with Gasteiger partial charge in [-0.05, 0) is 38.4 Å². The van der Waals surface area contributed by atoms with Crippen molar-refractivity contribution >= 4 is 0 Å². The first kappa shape index (κ1) is 16.4. The van der Waals surface area contributed by atoms with Gasteiger partial charge in [0.25, 0.3) is 0 Å². The standard InChI is InChI=1S/C18H23N5O/c1-22(2)16(17-7-5-9-24-17)12-20-11-15-13-23(3)21-18(15)14-6-4-8-19-10-14/h4-10,13,16,20H,11-12H2,1-3H3. The molecule has 1 atom stereocenters. The Hall–Kier alpha value is -2.44. The van der Waals surface area contributed by atoms with Gasteiger partial charge in [0.05, 0.1) is 18.0 Å². The summed E-state index contributed by atoms with van der Waals surface area (Å²) in [7, 11) is 6.05. The highest BCUT2D eigenvalue weighted by molar-refractivity contribution is 5.61. The van der Waals surface area contributed by atoms with Crippen molar-refractivity contribution in [3.05, 3.63) is 60.4 Å². The fraction of sp³-hybridized carbons (Fsp3) is 0.333. The van der Waals surface area contributed by atoms with Crippen LogP contribution in [0.15, 0.2) is 53.5 Å². The molecular formula is C18H23N5O. The van der Waals surface area contributed by atoms with Crippen LogP contribution in [0.1, 0.15) is 17.4 Å². The van der Waals surface area contributed by atoms with Crippen LogP contribution in [0.4, 0.5) is 0 Å². The number of hydrogen-bond acceptors (Lipinski definition) is 5. The Balaban J connectivity index is 1.69. The van der Waals surface area contributed by atoms with Gasteiger partial charge in [-0.25, -0.2) is 0 Å². The van der Waals surface area contributed by atoms with Crippen LogP contribution in [0.3, 0.4) is 0 Å². The maximum atomic E-state index is 5.55. The van der Waals surface area contributed by atoms with Crippen molar-refractivity contribution in [1.82, 2.24) is 25.0 Å². The molecule has 0 aliphatic rings. The number of nitrogens with one attached hydrogen (secondary N) is 1. The molecule has 0 bridgehead atoms. The lowest BCUT2D eigenvalue weighted by molar-refractivity contribution is 0.250. The van der Waals surface area contributed by atoms with E-state index in [-0.39, 0.29) is 6.04 Å². The zero-order valence-electron chi connectivity index (χ0n) is 14.3.